The van der Waals surface area contributed by atoms with E-state index >= 15 is 0 Å². The average Bonchev–Trinajstić information content (AvgIpc) is 2.99. The Morgan fingerprint density at radius 2 is 1.83 bits per heavy atom. The minimum absolute atomic E-state index is 0.127. The molecule has 1 aliphatic heterocycles. The van der Waals surface area contributed by atoms with Gasteiger partial charge in [0, 0.05) is 18.2 Å². The second-order valence-electron chi connectivity index (χ2n) is 9.44. The van der Waals surface area contributed by atoms with Crippen molar-refractivity contribution in [1.29, 1.82) is 0 Å². The standard InChI is InChI=1S/C31H35NO9S/c1-5-16-39-26(20-38-19-22-12-14-23(37-4)15-13-22)28(35)29-27(32-21(3)33)25(34)18-31(41-29,30(36)40-17-6-2)42-24-10-8-7-9-11-24/h1-2,7-15,25-29,34-35H,16-20H2,3-4H3,(H,32,33)/t25-,26+,27+,28+,29+,31-/m0/s1. The van der Waals surface area contributed by atoms with Crippen LogP contribution in [0.4, 0.5) is 0 Å². The maximum atomic E-state index is 13.4. The van der Waals surface area contributed by atoms with Gasteiger partial charge < -0.3 is 39.2 Å². The molecule has 224 valence electrons. The zero-order valence-corrected chi connectivity index (χ0v) is 24.3. The number of aliphatic hydroxyl groups is 2. The molecule has 0 aromatic heterocycles. The van der Waals surface area contributed by atoms with Gasteiger partial charge >= 0.3 is 5.97 Å². The van der Waals surface area contributed by atoms with E-state index in [0.717, 1.165) is 17.3 Å². The maximum Gasteiger partial charge on any atom is 0.350 e. The summed E-state index contributed by atoms with van der Waals surface area (Å²) in [5.74, 6) is 3.98. The van der Waals surface area contributed by atoms with Crippen molar-refractivity contribution in [2.45, 2.75) is 60.2 Å². The van der Waals surface area contributed by atoms with Gasteiger partial charge in [0.25, 0.3) is 0 Å². The largest absolute Gasteiger partial charge is 0.497 e. The third-order valence-corrected chi connectivity index (χ3v) is 7.64. The summed E-state index contributed by atoms with van der Waals surface area (Å²) in [6, 6.07) is 15.0. The Balaban J connectivity index is 1.90. The van der Waals surface area contributed by atoms with Crippen LogP contribution in [0.15, 0.2) is 59.5 Å². The second-order valence-corrected chi connectivity index (χ2v) is 10.8. The van der Waals surface area contributed by atoms with Gasteiger partial charge in [0.15, 0.2) is 6.61 Å². The summed E-state index contributed by atoms with van der Waals surface area (Å²) in [5, 5.41) is 25.5. The highest BCUT2D eigenvalue weighted by atomic mass is 32.2. The van der Waals surface area contributed by atoms with Crippen molar-refractivity contribution >= 4 is 23.6 Å². The molecule has 0 saturated carbocycles. The van der Waals surface area contributed by atoms with Gasteiger partial charge in [-0.1, -0.05) is 53.9 Å². The lowest BCUT2D eigenvalue weighted by molar-refractivity contribution is -0.212. The summed E-state index contributed by atoms with van der Waals surface area (Å²) in [6.45, 7) is 0.828. The van der Waals surface area contributed by atoms with E-state index in [9.17, 15) is 19.8 Å². The van der Waals surface area contributed by atoms with Gasteiger partial charge in [-0.05, 0) is 29.8 Å². The number of esters is 1. The molecule has 11 heteroatoms. The summed E-state index contributed by atoms with van der Waals surface area (Å²) < 4.78 is 28.3. The highest BCUT2D eigenvalue weighted by Gasteiger charge is 2.56. The number of aliphatic hydroxyl groups excluding tert-OH is 2. The Hall–Kier alpha value is -3.55. The lowest BCUT2D eigenvalue weighted by atomic mass is 9.89. The van der Waals surface area contributed by atoms with Gasteiger partial charge in [-0.25, -0.2) is 4.79 Å². The van der Waals surface area contributed by atoms with Gasteiger partial charge in [0.05, 0.1) is 32.5 Å². The van der Waals surface area contributed by atoms with E-state index in [-0.39, 0.29) is 32.8 Å². The van der Waals surface area contributed by atoms with Crippen molar-refractivity contribution in [1.82, 2.24) is 5.32 Å². The SMILES string of the molecule is C#CCOC(=O)[C@@]1(Sc2ccccc2)C[C@H](O)[C@@H](NC(C)=O)[C@H]([C@H](O)[C@@H](COCc2ccc(OC)cc2)OCC#C)O1. The van der Waals surface area contributed by atoms with Crippen LogP contribution in [0.2, 0.25) is 0 Å². The van der Waals surface area contributed by atoms with Crippen LogP contribution in [-0.2, 0) is 35.1 Å². The number of rotatable bonds is 14. The number of hydrogen-bond acceptors (Lipinski definition) is 10. The minimum Gasteiger partial charge on any atom is -0.497 e. The molecule has 1 fully saturated rings. The predicted octanol–water partition coefficient (Wildman–Crippen LogP) is 1.91. The first-order valence-electron chi connectivity index (χ1n) is 13.1. The molecule has 42 heavy (non-hydrogen) atoms. The molecule has 6 atom stereocenters. The molecule has 3 rings (SSSR count). The highest BCUT2D eigenvalue weighted by molar-refractivity contribution is 8.01. The third kappa shape index (κ3) is 8.97. The Morgan fingerprint density at radius 3 is 2.45 bits per heavy atom. The highest BCUT2D eigenvalue weighted by Crippen LogP contribution is 2.44. The van der Waals surface area contributed by atoms with Crippen molar-refractivity contribution < 1.29 is 43.5 Å². The smallest absolute Gasteiger partial charge is 0.350 e. The Morgan fingerprint density at radius 1 is 1.14 bits per heavy atom. The first-order chi connectivity index (χ1) is 20.2. The molecule has 2 aromatic rings. The van der Waals surface area contributed by atoms with Crippen molar-refractivity contribution in [2.24, 2.45) is 0 Å². The van der Waals surface area contributed by atoms with E-state index < -0.39 is 47.3 Å². The zero-order valence-electron chi connectivity index (χ0n) is 23.4. The van der Waals surface area contributed by atoms with Crippen LogP contribution in [-0.4, -0.2) is 84.4 Å². The van der Waals surface area contributed by atoms with Crippen LogP contribution in [0, 0.1) is 24.7 Å². The molecular formula is C31H35NO9S. The molecule has 3 N–H and O–H groups in total. The second kappa shape index (κ2) is 16.2. The molecule has 1 saturated heterocycles. The predicted molar refractivity (Wildman–Crippen MR) is 155 cm³/mol. The first kappa shape index (κ1) is 33.0. The minimum atomic E-state index is -1.82. The molecule has 1 heterocycles. The molecule has 0 aliphatic carbocycles. The lowest BCUT2D eigenvalue weighted by Gasteiger charge is -2.47. The number of carbonyl (C=O) groups is 2. The van der Waals surface area contributed by atoms with Gasteiger partial charge in [0.1, 0.15) is 30.7 Å². The molecular weight excluding hydrogens is 562 g/mol. The third-order valence-electron chi connectivity index (χ3n) is 6.37. The van der Waals surface area contributed by atoms with Crippen molar-refractivity contribution in [3.8, 4) is 30.4 Å². The molecule has 10 nitrogen and oxygen atoms in total. The van der Waals surface area contributed by atoms with Crippen LogP contribution in [0.1, 0.15) is 18.9 Å². The van der Waals surface area contributed by atoms with Crippen LogP contribution in [0.3, 0.4) is 0 Å². The van der Waals surface area contributed by atoms with E-state index in [0.29, 0.717) is 10.6 Å². The van der Waals surface area contributed by atoms with Crippen molar-refractivity contribution in [3.63, 3.8) is 0 Å². The number of benzene rings is 2. The van der Waals surface area contributed by atoms with Crippen molar-refractivity contribution in [2.75, 3.05) is 26.9 Å². The normalized spacial score (nSPS) is 23.0. The summed E-state index contributed by atoms with van der Waals surface area (Å²) in [4.78, 5) is 24.3. The molecule has 2 aromatic carbocycles. The summed E-state index contributed by atoms with van der Waals surface area (Å²) in [5.41, 5.74) is 0.844. The Kier molecular flexibility index (Phi) is 12.7. The van der Waals surface area contributed by atoms with Gasteiger partial charge in [-0.15, -0.1) is 12.8 Å². The average molecular weight is 598 g/mol. The molecule has 0 unspecified atom stereocenters. The van der Waals surface area contributed by atoms with E-state index in [1.54, 1.807) is 43.5 Å². The van der Waals surface area contributed by atoms with E-state index in [1.165, 1.54) is 6.92 Å². The van der Waals surface area contributed by atoms with Crippen LogP contribution in [0.5, 0.6) is 5.75 Å². The fourth-order valence-electron chi connectivity index (χ4n) is 4.42. The van der Waals surface area contributed by atoms with Crippen LogP contribution >= 0.6 is 11.8 Å². The maximum absolute atomic E-state index is 13.4. The quantitative estimate of drug-likeness (QED) is 0.219. The molecule has 1 amide bonds. The van der Waals surface area contributed by atoms with Gasteiger partial charge in [-0.3, -0.25) is 4.79 Å². The molecule has 0 radical (unpaired) electrons. The number of thioether (sulfide) groups is 1. The van der Waals surface area contributed by atoms with Crippen LogP contribution in [0.25, 0.3) is 0 Å². The molecule has 0 bridgehead atoms. The number of nitrogens with one attached hydrogen (secondary N) is 1. The number of amides is 1. The number of terminal acetylenes is 2. The molecule has 0 spiro atoms. The zero-order chi connectivity index (χ0) is 30.5. The van der Waals surface area contributed by atoms with Crippen molar-refractivity contribution in [3.05, 3.63) is 60.2 Å². The lowest BCUT2D eigenvalue weighted by Crippen LogP contribution is -2.66. The van der Waals surface area contributed by atoms with E-state index in [4.69, 9.17) is 36.5 Å². The Bertz CT molecular complexity index is 1240. The number of methoxy groups -OCH3 is 1. The summed E-state index contributed by atoms with van der Waals surface area (Å²) in [7, 11) is 1.57. The first-order valence-corrected chi connectivity index (χ1v) is 14.0. The van der Waals surface area contributed by atoms with E-state index in [1.807, 2.05) is 18.2 Å². The van der Waals surface area contributed by atoms with E-state index in [2.05, 4.69) is 17.2 Å². The monoisotopic (exact) mass is 597 g/mol. The topological polar surface area (TPSA) is 133 Å². The Labute approximate surface area is 250 Å². The van der Waals surface area contributed by atoms with Crippen LogP contribution < -0.4 is 10.1 Å². The molecule has 1 aliphatic rings. The summed E-state index contributed by atoms with van der Waals surface area (Å²) >= 11 is 1.00. The van der Waals surface area contributed by atoms with Gasteiger partial charge in [-0.2, -0.15) is 0 Å². The number of ether oxygens (including phenoxy) is 5. The fraction of sp³-hybridized carbons (Fsp3) is 0.419. The van der Waals surface area contributed by atoms with Gasteiger partial charge in [0.2, 0.25) is 10.8 Å². The summed E-state index contributed by atoms with van der Waals surface area (Å²) in [6.07, 6.45) is 5.20. The fourth-order valence-corrected chi connectivity index (χ4v) is 5.65. The number of hydrogen-bond donors (Lipinski definition) is 3. The number of carbonyl (C=O) groups excluding carboxylic acids is 2.